The lowest BCUT2D eigenvalue weighted by atomic mass is 10.1. The molecule has 98 valence electrons. The van der Waals surface area contributed by atoms with Gasteiger partial charge in [-0.3, -0.25) is 0 Å². The zero-order valence-electron chi connectivity index (χ0n) is 11.1. The maximum atomic E-state index is 11.4. The highest BCUT2D eigenvalue weighted by Gasteiger charge is 2.17. The number of benzene rings is 1. The van der Waals surface area contributed by atoms with Crippen LogP contribution in [0.15, 0.2) is 35.2 Å². The largest absolute Gasteiger partial charge is 0.478 e. The number of likely N-dealkylation sites (N-methyl/N-ethyl adjacent to an activating group) is 1. The van der Waals surface area contributed by atoms with Crippen LogP contribution < -0.4 is 4.90 Å². The molecule has 18 heavy (non-hydrogen) atoms. The van der Waals surface area contributed by atoms with E-state index in [0.717, 1.165) is 21.9 Å². The topological polar surface area (TPSA) is 40.5 Å². The molecule has 0 amide bonds. The van der Waals surface area contributed by atoms with Gasteiger partial charge in [-0.25, -0.2) is 4.79 Å². The van der Waals surface area contributed by atoms with Gasteiger partial charge >= 0.3 is 5.97 Å². The number of nitrogens with zero attached hydrogens (tertiary/aromatic N) is 1. The highest BCUT2D eigenvalue weighted by Crippen LogP contribution is 2.30. The van der Waals surface area contributed by atoms with Gasteiger partial charge in [-0.05, 0) is 24.8 Å². The molecule has 0 heterocycles. The van der Waals surface area contributed by atoms with Gasteiger partial charge in [0.05, 0.1) is 11.3 Å². The van der Waals surface area contributed by atoms with Crippen molar-refractivity contribution in [2.24, 2.45) is 0 Å². The lowest BCUT2D eigenvalue weighted by molar-refractivity contribution is 0.0694. The molecule has 0 bridgehead atoms. The van der Waals surface area contributed by atoms with Crippen LogP contribution in [0.2, 0.25) is 0 Å². The van der Waals surface area contributed by atoms with Gasteiger partial charge in [0.25, 0.3) is 0 Å². The van der Waals surface area contributed by atoms with Crippen LogP contribution in [0.25, 0.3) is 0 Å². The predicted octanol–water partition coefficient (Wildman–Crippen LogP) is 3.51. The monoisotopic (exact) mass is 265 g/mol. The standard InChI is InChI=1S/C14H19NO2S/c1-5-18-12-8-6-7-11(13(12)14(16)17)15(4)9-10(2)3/h6-8H,2,5,9H2,1,3-4H3,(H,16,17). The van der Waals surface area contributed by atoms with Crippen molar-refractivity contribution < 1.29 is 9.90 Å². The van der Waals surface area contributed by atoms with Crippen LogP contribution in [-0.2, 0) is 0 Å². The van der Waals surface area contributed by atoms with Gasteiger partial charge in [0, 0.05) is 18.5 Å². The molecule has 0 saturated heterocycles. The van der Waals surface area contributed by atoms with E-state index in [-0.39, 0.29) is 0 Å². The van der Waals surface area contributed by atoms with Crippen LogP contribution in [0, 0.1) is 0 Å². The summed E-state index contributed by atoms with van der Waals surface area (Å²) in [6.45, 7) is 8.46. The first kappa shape index (κ1) is 14.6. The Bertz CT molecular complexity index is 457. The second kappa shape index (κ2) is 6.50. The van der Waals surface area contributed by atoms with E-state index in [4.69, 9.17) is 0 Å². The number of aromatic carboxylic acids is 1. The average molecular weight is 265 g/mol. The Morgan fingerprint density at radius 3 is 2.67 bits per heavy atom. The molecule has 0 aliphatic rings. The van der Waals surface area contributed by atoms with Gasteiger partial charge in [0.15, 0.2) is 0 Å². The fourth-order valence-corrected chi connectivity index (χ4v) is 2.64. The predicted molar refractivity (Wildman–Crippen MR) is 77.9 cm³/mol. The zero-order chi connectivity index (χ0) is 13.7. The number of carboxylic acids is 1. The van der Waals surface area contributed by atoms with E-state index in [0.29, 0.717) is 12.1 Å². The SMILES string of the molecule is C=C(C)CN(C)c1cccc(SCC)c1C(=O)O. The van der Waals surface area contributed by atoms with Crippen LogP contribution in [0.3, 0.4) is 0 Å². The molecule has 1 N–H and O–H groups in total. The van der Waals surface area contributed by atoms with Crippen molar-refractivity contribution >= 4 is 23.4 Å². The maximum Gasteiger partial charge on any atom is 0.338 e. The third-order valence-corrected chi connectivity index (χ3v) is 3.38. The van der Waals surface area contributed by atoms with E-state index in [1.165, 1.54) is 0 Å². The molecule has 1 aromatic rings. The summed E-state index contributed by atoms with van der Waals surface area (Å²) in [5.74, 6) is -0.0244. The zero-order valence-corrected chi connectivity index (χ0v) is 11.9. The van der Waals surface area contributed by atoms with E-state index in [9.17, 15) is 9.90 Å². The Morgan fingerprint density at radius 1 is 1.50 bits per heavy atom. The van der Waals surface area contributed by atoms with Crippen molar-refractivity contribution in [3.05, 3.63) is 35.9 Å². The van der Waals surface area contributed by atoms with E-state index >= 15 is 0 Å². The third kappa shape index (κ3) is 3.53. The highest BCUT2D eigenvalue weighted by molar-refractivity contribution is 7.99. The Morgan fingerprint density at radius 2 is 2.17 bits per heavy atom. The molecule has 0 unspecified atom stereocenters. The van der Waals surface area contributed by atoms with Gasteiger partial charge in [-0.15, -0.1) is 11.8 Å². The molecule has 0 radical (unpaired) electrons. The van der Waals surface area contributed by atoms with Crippen molar-refractivity contribution in [3.63, 3.8) is 0 Å². The Hall–Kier alpha value is -1.42. The minimum atomic E-state index is -0.880. The number of carboxylic acid groups (broad SMARTS) is 1. The molecule has 0 fully saturated rings. The first-order valence-corrected chi connectivity index (χ1v) is 6.80. The van der Waals surface area contributed by atoms with Crippen LogP contribution >= 0.6 is 11.8 Å². The van der Waals surface area contributed by atoms with Gasteiger partial charge in [-0.2, -0.15) is 0 Å². The quantitative estimate of drug-likeness (QED) is 0.631. The fraction of sp³-hybridized carbons (Fsp3) is 0.357. The molecule has 0 spiro atoms. The molecule has 0 aliphatic carbocycles. The Labute approximate surface area is 113 Å². The molecular formula is C14H19NO2S. The number of carbonyl (C=O) groups is 1. The molecular weight excluding hydrogens is 246 g/mol. The summed E-state index contributed by atoms with van der Waals surface area (Å²) in [6, 6.07) is 5.59. The lowest BCUT2D eigenvalue weighted by Gasteiger charge is -2.22. The van der Waals surface area contributed by atoms with Gasteiger partial charge in [0.2, 0.25) is 0 Å². The second-order valence-corrected chi connectivity index (χ2v) is 5.51. The summed E-state index contributed by atoms with van der Waals surface area (Å²) in [4.78, 5) is 14.2. The van der Waals surface area contributed by atoms with E-state index in [2.05, 4.69) is 6.58 Å². The second-order valence-electron chi connectivity index (χ2n) is 4.20. The maximum absolute atomic E-state index is 11.4. The Kier molecular flexibility index (Phi) is 5.28. The summed E-state index contributed by atoms with van der Waals surface area (Å²) in [6.07, 6.45) is 0. The normalized spacial score (nSPS) is 10.2. The summed E-state index contributed by atoms with van der Waals surface area (Å²) in [7, 11) is 1.89. The number of anilines is 1. The summed E-state index contributed by atoms with van der Waals surface area (Å²) in [5, 5.41) is 9.39. The molecule has 1 aromatic carbocycles. The lowest BCUT2D eigenvalue weighted by Crippen LogP contribution is -2.22. The third-order valence-electron chi connectivity index (χ3n) is 2.44. The minimum Gasteiger partial charge on any atom is -0.478 e. The number of thioether (sulfide) groups is 1. The molecule has 3 nitrogen and oxygen atoms in total. The number of hydrogen-bond donors (Lipinski definition) is 1. The average Bonchev–Trinajstić information content (AvgIpc) is 2.27. The molecule has 4 heteroatoms. The van der Waals surface area contributed by atoms with Crippen molar-refractivity contribution in [2.75, 3.05) is 24.2 Å². The first-order chi connectivity index (χ1) is 8.47. The van der Waals surface area contributed by atoms with Crippen LogP contribution in [0.4, 0.5) is 5.69 Å². The van der Waals surface area contributed by atoms with Gasteiger partial charge in [-0.1, -0.05) is 25.1 Å². The summed E-state index contributed by atoms with van der Waals surface area (Å²) < 4.78 is 0. The smallest absolute Gasteiger partial charge is 0.338 e. The van der Waals surface area contributed by atoms with E-state index in [1.807, 2.05) is 44.0 Å². The molecule has 0 saturated carbocycles. The van der Waals surface area contributed by atoms with Gasteiger partial charge in [0.1, 0.15) is 0 Å². The van der Waals surface area contributed by atoms with Crippen LogP contribution in [0.5, 0.6) is 0 Å². The van der Waals surface area contributed by atoms with E-state index in [1.54, 1.807) is 11.8 Å². The van der Waals surface area contributed by atoms with Crippen LogP contribution in [-0.4, -0.2) is 30.4 Å². The first-order valence-electron chi connectivity index (χ1n) is 5.82. The Balaban J connectivity index is 3.21. The molecule has 1 rings (SSSR count). The fourth-order valence-electron chi connectivity index (χ4n) is 1.82. The van der Waals surface area contributed by atoms with Crippen molar-refractivity contribution in [3.8, 4) is 0 Å². The van der Waals surface area contributed by atoms with Crippen LogP contribution in [0.1, 0.15) is 24.2 Å². The van der Waals surface area contributed by atoms with Gasteiger partial charge < -0.3 is 10.0 Å². The molecule has 0 aliphatic heterocycles. The van der Waals surface area contributed by atoms with Crippen molar-refractivity contribution in [1.29, 1.82) is 0 Å². The highest BCUT2D eigenvalue weighted by atomic mass is 32.2. The molecule has 0 atom stereocenters. The van der Waals surface area contributed by atoms with Crippen molar-refractivity contribution in [1.82, 2.24) is 0 Å². The number of hydrogen-bond acceptors (Lipinski definition) is 3. The van der Waals surface area contributed by atoms with E-state index < -0.39 is 5.97 Å². The molecule has 0 aromatic heterocycles. The van der Waals surface area contributed by atoms with Crippen molar-refractivity contribution in [2.45, 2.75) is 18.7 Å². The summed E-state index contributed by atoms with van der Waals surface area (Å²) in [5.41, 5.74) is 2.12. The number of rotatable bonds is 6. The minimum absolute atomic E-state index is 0.383. The summed E-state index contributed by atoms with van der Waals surface area (Å²) >= 11 is 1.55.